The lowest BCUT2D eigenvalue weighted by atomic mass is 9.95. The van der Waals surface area contributed by atoms with Gasteiger partial charge in [-0.1, -0.05) is 62.7 Å². The van der Waals surface area contributed by atoms with Gasteiger partial charge in [-0.3, -0.25) is 9.59 Å². The van der Waals surface area contributed by atoms with Crippen LogP contribution in [-0.2, 0) is 9.59 Å². The summed E-state index contributed by atoms with van der Waals surface area (Å²) >= 11 is 0. The van der Waals surface area contributed by atoms with Crippen molar-refractivity contribution >= 4 is 17.4 Å². The zero-order valence-electron chi connectivity index (χ0n) is 20.7. The average molecular weight is 465 g/mol. The largest absolute Gasteiger partial charge is 0.507 e. The number of benzene rings is 2. The smallest absolute Gasteiger partial charge is 0.295 e. The number of nitrogens with zero attached hydrogens (tertiary/aromatic N) is 2. The molecule has 2 aromatic rings. The summed E-state index contributed by atoms with van der Waals surface area (Å²) in [5.41, 5.74) is 2.45. The van der Waals surface area contributed by atoms with E-state index in [0.717, 1.165) is 43.6 Å². The third kappa shape index (κ3) is 5.68. The van der Waals surface area contributed by atoms with Crippen molar-refractivity contribution in [2.75, 3.05) is 32.8 Å². The second-order valence-corrected chi connectivity index (χ2v) is 8.66. The lowest BCUT2D eigenvalue weighted by Gasteiger charge is -2.27. The number of hydrogen-bond acceptors (Lipinski definition) is 5. The summed E-state index contributed by atoms with van der Waals surface area (Å²) in [4.78, 5) is 30.2. The molecule has 6 heteroatoms. The Morgan fingerprint density at radius 3 is 2.41 bits per heavy atom. The molecule has 0 saturated carbocycles. The Balaban J connectivity index is 2.03. The maximum Gasteiger partial charge on any atom is 0.295 e. The van der Waals surface area contributed by atoms with Crippen molar-refractivity contribution in [3.63, 3.8) is 0 Å². The van der Waals surface area contributed by atoms with Crippen LogP contribution in [0.4, 0.5) is 0 Å². The predicted octanol–water partition coefficient (Wildman–Crippen LogP) is 4.94. The quantitative estimate of drug-likeness (QED) is 0.290. The van der Waals surface area contributed by atoms with Gasteiger partial charge >= 0.3 is 0 Å². The van der Waals surface area contributed by atoms with Crippen molar-refractivity contribution in [1.82, 2.24) is 9.80 Å². The summed E-state index contributed by atoms with van der Waals surface area (Å²) < 4.78 is 5.81. The molecular formula is C28H36N2O4. The highest BCUT2D eigenvalue weighted by Crippen LogP contribution is 2.40. The van der Waals surface area contributed by atoms with E-state index in [9.17, 15) is 14.7 Å². The zero-order valence-corrected chi connectivity index (χ0v) is 20.7. The molecule has 182 valence electrons. The first-order valence-corrected chi connectivity index (χ1v) is 12.2. The van der Waals surface area contributed by atoms with Gasteiger partial charge in [-0.15, -0.1) is 0 Å². The van der Waals surface area contributed by atoms with E-state index in [1.165, 1.54) is 0 Å². The maximum atomic E-state index is 13.2. The highest BCUT2D eigenvalue weighted by atomic mass is 16.5. The standard InChI is InChI=1S/C28H36N2O4/c1-5-18-34-23-11-8-10-22(19-23)25-24(26(31)21-14-12-20(4)13-15-21)27(32)28(33)30(25)17-9-16-29(6-2)7-3/h8,10-15,19,25,31H,5-7,9,16-18H2,1-4H3/b26-24+. The second kappa shape index (κ2) is 11.8. The van der Waals surface area contributed by atoms with Crippen LogP contribution in [0.1, 0.15) is 56.3 Å². The highest BCUT2D eigenvalue weighted by molar-refractivity contribution is 6.46. The highest BCUT2D eigenvalue weighted by Gasteiger charge is 2.45. The molecule has 0 aliphatic carbocycles. The maximum absolute atomic E-state index is 13.2. The summed E-state index contributed by atoms with van der Waals surface area (Å²) in [5, 5.41) is 11.2. The van der Waals surface area contributed by atoms with Gasteiger partial charge in [0.05, 0.1) is 18.2 Å². The number of hydrogen-bond donors (Lipinski definition) is 1. The number of aliphatic hydroxyl groups excluding tert-OH is 1. The minimum atomic E-state index is -0.664. The molecule has 1 fully saturated rings. The number of aryl methyl sites for hydroxylation is 1. The Morgan fingerprint density at radius 1 is 1.06 bits per heavy atom. The fourth-order valence-electron chi connectivity index (χ4n) is 4.32. The van der Waals surface area contributed by atoms with E-state index in [2.05, 4.69) is 18.7 Å². The van der Waals surface area contributed by atoms with Crippen LogP contribution in [0.3, 0.4) is 0 Å². The van der Waals surface area contributed by atoms with Crippen molar-refractivity contribution in [2.24, 2.45) is 0 Å². The third-order valence-electron chi connectivity index (χ3n) is 6.28. The van der Waals surface area contributed by atoms with E-state index in [-0.39, 0.29) is 11.3 Å². The van der Waals surface area contributed by atoms with Gasteiger partial charge in [-0.25, -0.2) is 0 Å². The monoisotopic (exact) mass is 464 g/mol. The molecule has 1 saturated heterocycles. The van der Waals surface area contributed by atoms with E-state index in [4.69, 9.17) is 4.74 Å². The second-order valence-electron chi connectivity index (χ2n) is 8.66. The molecule has 1 atom stereocenters. The predicted molar refractivity (Wildman–Crippen MR) is 135 cm³/mol. The number of amides is 1. The van der Waals surface area contributed by atoms with Gasteiger partial charge in [-0.2, -0.15) is 0 Å². The molecule has 0 bridgehead atoms. The van der Waals surface area contributed by atoms with Crippen molar-refractivity contribution in [3.05, 3.63) is 70.8 Å². The van der Waals surface area contributed by atoms with Crippen LogP contribution < -0.4 is 4.74 Å². The van der Waals surface area contributed by atoms with Crippen LogP contribution >= 0.6 is 0 Å². The van der Waals surface area contributed by atoms with Crippen LogP contribution in [-0.4, -0.2) is 59.4 Å². The van der Waals surface area contributed by atoms with E-state index >= 15 is 0 Å². The van der Waals surface area contributed by atoms with Crippen LogP contribution in [0.15, 0.2) is 54.1 Å². The molecule has 0 radical (unpaired) electrons. The van der Waals surface area contributed by atoms with Crippen LogP contribution in [0.5, 0.6) is 5.75 Å². The number of ketones is 1. The summed E-state index contributed by atoms with van der Waals surface area (Å²) in [6.07, 6.45) is 1.61. The molecular weight excluding hydrogens is 428 g/mol. The number of ether oxygens (including phenoxy) is 1. The van der Waals surface area contributed by atoms with E-state index < -0.39 is 17.7 Å². The molecule has 1 N–H and O–H groups in total. The molecule has 0 spiro atoms. The molecule has 0 aromatic heterocycles. The fraction of sp³-hybridized carbons (Fsp3) is 0.429. The van der Waals surface area contributed by atoms with Gasteiger partial charge < -0.3 is 19.6 Å². The van der Waals surface area contributed by atoms with Crippen molar-refractivity contribution in [2.45, 2.75) is 46.6 Å². The first-order chi connectivity index (χ1) is 16.4. The Labute approximate surface area is 202 Å². The number of carbonyl (C=O) groups is 2. The van der Waals surface area contributed by atoms with Crippen LogP contribution in [0, 0.1) is 6.92 Å². The topological polar surface area (TPSA) is 70.1 Å². The SMILES string of the molecule is CCCOc1cccc(C2/C(=C(\O)c3ccc(C)cc3)C(=O)C(=O)N2CCCN(CC)CC)c1. The molecule has 1 heterocycles. The van der Waals surface area contributed by atoms with Gasteiger partial charge in [-0.05, 0) is 57.1 Å². The summed E-state index contributed by atoms with van der Waals surface area (Å²) in [6.45, 7) is 11.9. The molecule has 1 aliphatic rings. The summed E-state index contributed by atoms with van der Waals surface area (Å²) in [7, 11) is 0. The molecule has 34 heavy (non-hydrogen) atoms. The Kier molecular flexibility index (Phi) is 8.88. The number of Topliss-reactive ketones (excluding diaryl/α,β-unsaturated/α-hetero) is 1. The van der Waals surface area contributed by atoms with Gasteiger partial charge in [0.25, 0.3) is 11.7 Å². The Morgan fingerprint density at radius 2 is 1.76 bits per heavy atom. The third-order valence-corrected chi connectivity index (χ3v) is 6.28. The van der Waals surface area contributed by atoms with Gasteiger partial charge in [0.1, 0.15) is 11.5 Å². The van der Waals surface area contributed by atoms with Gasteiger partial charge in [0.15, 0.2) is 0 Å². The molecule has 2 aromatic carbocycles. The Hall–Kier alpha value is -3.12. The van der Waals surface area contributed by atoms with Gasteiger partial charge in [0.2, 0.25) is 0 Å². The first kappa shape index (κ1) is 25.5. The summed E-state index contributed by atoms with van der Waals surface area (Å²) in [5.74, 6) is -0.679. The zero-order chi connectivity index (χ0) is 24.7. The van der Waals surface area contributed by atoms with E-state index in [1.54, 1.807) is 17.0 Å². The minimum Gasteiger partial charge on any atom is -0.507 e. The first-order valence-electron chi connectivity index (χ1n) is 12.2. The fourth-order valence-corrected chi connectivity index (χ4v) is 4.32. The lowest BCUT2D eigenvalue weighted by molar-refractivity contribution is -0.140. The number of likely N-dealkylation sites (tertiary alicyclic amines) is 1. The lowest BCUT2D eigenvalue weighted by Crippen LogP contribution is -2.33. The number of rotatable bonds is 11. The molecule has 1 unspecified atom stereocenters. The number of aliphatic hydroxyl groups is 1. The van der Waals surface area contributed by atoms with Crippen LogP contribution in [0.25, 0.3) is 5.76 Å². The Bertz CT molecular complexity index is 1020. The van der Waals surface area contributed by atoms with Crippen LogP contribution in [0.2, 0.25) is 0 Å². The normalized spacial score (nSPS) is 17.6. The van der Waals surface area contributed by atoms with E-state index in [0.29, 0.717) is 24.5 Å². The van der Waals surface area contributed by atoms with Crippen molar-refractivity contribution in [1.29, 1.82) is 0 Å². The number of carbonyl (C=O) groups excluding carboxylic acids is 2. The molecule has 3 rings (SSSR count). The average Bonchev–Trinajstić information content (AvgIpc) is 3.10. The van der Waals surface area contributed by atoms with Gasteiger partial charge in [0, 0.05) is 12.1 Å². The van der Waals surface area contributed by atoms with Crippen molar-refractivity contribution in [3.8, 4) is 5.75 Å². The molecule has 1 amide bonds. The molecule has 1 aliphatic heterocycles. The van der Waals surface area contributed by atoms with E-state index in [1.807, 2.05) is 50.2 Å². The minimum absolute atomic E-state index is 0.129. The molecule has 6 nitrogen and oxygen atoms in total. The summed E-state index contributed by atoms with van der Waals surface area (Å²) in [6, 6.07) is 14.1. The van der Waals surface area contributed by atoms with Crippen molar-refractivity contribution < 1.29 is 19.4 Å².